The van der Waals surface area contributed by atoms with E-state index in [-0.39, 0.29) is 11.9 Å². The lowest BCUT2D eigenvalue weighted by Gasteiger charge is -2.27. The molecule has 6 nitrogen and oxygen atoms in total. The monoisotopic (exact) mass is 445 g/mol. The predicted molar refractivity (Wildman–Crippen MR) is 128 cm³/mol. The van der Waals surface area contributed by atoms with Gasteiger partial charge in [-0.15, -0.1) is 11.3 Å². The Hall–Kier alpha value is -3.37. The molecule has 3 aromatic rings. The molecule has 164 valence electrons. The van der Waals surface area contributed by atoms with Gasteiger partial charge in [-0.3, -0.25) is 4.79 Å². The summed E-state index contributed by atoms with van der Waals surface area (Å²) in [7, 11) is 0. The summed E-state index contributed by atoms with van der Waals surface area (Å²) < 4.78 is 1.99. The first kappa shape index (κ1) is 21.8. The van der Waals surface area contributed by atoms with Gasteiger partial charge in [-0.05, 0) is 30.9 Å². The van der Waals surface area contributed by atoms with Crippen LogP contribution in [0.3, 0.4) is 0 Å². The van der Waals surface area contributed by atoms with Crippen LogP contribution in [0.25, 0.3) is 6.08 Å². The molecule has 1 unspecified atom stereocenters. The normalized spacial score (nSPS) is 14.2. The van der Waals surface area contributed by atoms with E-state index in [1.54, 1.807) is 23.9 Å². The number of nitriles is 1. The molecular weight excluding hydrogens is 418 g/mol. The summed E-state index contributed by atoms with van der Waals surface area (Å²) >= 11 is 1.61. The summed E-state index contributed by atoms with van der Waals surface area (Å²) in [5.41, 5.74) is 2.98. The number of anilines is 1. The summed E-state index contributed by atoms with van der Waals surface area (Å²) in [4.78, 5) is 19.8. The van der Waals surface area contributed by atoms with E-state index in [4.69, 9.17) is 0 Å². The lowest BCUT2D eigenvalue weighted by Crippen LogP contribution is -2.35. The fourth-order valence-corrected chi connectivity index (χ4v) is 5.21. The van der Waals surface area contributed by atoms with Crippen LogP contribution in [0.5, 0.6) is 0 Å². The van der Waals surface area contributed by atoms with E-state index >= 15 is 0 Å². The van der Waals surface area contributed by atoms with Crippen LogP contribution in [0.2, 0.25) is 0 Å². The highest BCUT2D eigenvalue weighted by atomic mass is 32.1. The molecule has 1 aromatic carbocycles. The molecule has 1 amide bonds. The number of fused-ring (bicyclic) bond motifs is 1. The highest BCUT2D eigenvalue weighted by molar-refractivity contribution is 7.16. The predicted octanol–water partition coefficient (Wildman–Crippen LogP) is 4.70. The van der Waals surface area contributed by atoms with Gasteiger partial charge in [-0.1, -0.05) is 42.5 Å². The van der Waals surface area contributed by atoms with E-state index in [0.29, 0.717) is 19.5 Å². The van der Waals surface area contributed by atoms with Gasteiger partial charge in [0.2, 0.25) is 5.91 Å². The minimum absolute atomic E-state index is 0.0864. The summed E-state index contributed by atoms with van der Waals surface area (Å²) in [6, 6.07) is 12.6. The molecule has 1 atom stereocenters. The number of hydrogen-bond donors (Lipinski definition) is 1. The smallest absolute Gasteiger partial charge is 0.222 e. The number of carbonyl (C=O) groups excluding carboxylic acids is 1. The van der Waals surface area contributed by atoms with Crippen LogP contribution in [0, 0.1) is 11.3 Å². The average molecular weight is 446 g/mol. The zero-order chi connectivity index (χ0) is 22.3. The number of thiophene rings is 1. The number of amides is 1. The zero-order valence-corrected chi connectivity index (χ0v) is 19.0. The first-order valence-electron chi connectivity index (χ1n) is 10.9. The van der Waals surface area contributed by atoms with E-state index in [0.717, 1.165) is 46.0 Å². The molecule has 0 fully saturated rings. The maximum atomic E-state index is 12.7. The van der Waals surface area contributed by atoms with Gasteiger partial charge in [0.25, 0.3) is 0 Å². The van der Waals surface area contributed by atoms with Crippen LogP contribution in [-0.2, 0) is 24.3 Å². The average Bonchev–Trinajstić information content (AvgIpc) is 3.45. The zero-order valence-electron chi connectivity index (χ0n) is 18.2. The molecule has 2 aromatic heterocycles. The third-order valence-corrected chi connectivity index (χ3v) is 6.77. The van der Waals surface area contributed by atoms with Crippen LogP contribution in [0.15, 0.2) is 55.1 Å². The topological polar surface area (TPSA) is 74.0 Å². The van der Waals surface area contributed by atoms with Crippen LogP contribution in [0.1, 0.15) is 41.3 Å². The fourth-order valence-electron chi connectivity index (χ4n) is 3.90. The SMILES string of the molecule is CC(/C=C/c1ccccc1)Nc1sc2c(c1C#N)CCN(C(=O)CCCn1ccnc1)C2. The van der Waals surface area contributed by atoms with Gasteiger partial charge in [-0.2, -0.15) is 5.26 Å². The maximum absolute atomic E-state index is 12.7. The molecule has 1 N–H and O–H groups in total. The van der Waals surface area contributed by atoms with Gasteiger partial charge in [0, 0.05) is 42.8 Å². The van der Waals surface area contributed by atoms with Crippen molar-refractivity contribution in [3.05, 3.63) is 76.7 Å². The van der Waals surface area contributed by atoms with Crippen molar-refractivity contribution in [2.75, 3.05) is 11.9 Å². The molecule has 0 saturated carbocycles. The third kappa shape index (κ3) is 5.27. The molecule has 1 aliphatic heterocycles. The number of rotatable bonds is 8. The van der Waals surface area contributed by atoms with Crippen molar-refractivity contribution in [1.29, 1.82) is 5.26 Å². The summed E-state index contributed by atoms with van der Waals surface area (Å²) in [6.07, 6.45) is 11.7. The second-order valence-electron chi connectivity index (χ2n) is 7.99. The Bertz CT molecular complexity index is 1110. The van der Waals surface area contributed by atoms with Gasteiger partial charge < -0.3 is 14.8 Å². The molecule has 0 spiro atoms. The first-order valence-corrected chi connectivity index (χ1v) is 11.7. The van der Waals surface area contributed by atoms with E-state index in [1.165, 1.54) is 0 Å². The molecular formula is C25H27N5OS. The lowest BCUT2D eigenvalue weighted by atomic mass is 10.0. The quantitative estimate of drug-likeness (QED) is 0.546. The molecule has 7 heteroatoms. The number of nitrogens with one attached hydrogen (secondary N) is 1. The summed E-state index contributed by atoms with van der Waals surface area (Å²) in [5.74, 6) is 0.177. The van der Waals surface area contributed by atoms with Crippen molar-refractivity contribution in [3.8, 4) is 6.07 Å². The van der Waals surface area contributed by atoms with Crippen molar-refractivity contribution in [2.24, 2.45) is 0 Å². The molecule has 1 aliphatic rings. The number of nitrogens with zero attached hydrogens (tertiary/aromatic N) is 4. The van der Waals surface area contributed by atoms with Gasteiger partial charge in [0.05, 0.1) is 18.4 Å². The van der Waals surface area contributed by atoms with Crippen LogP contribution in [-0.4, -0.2) is 32.9 Å². The second-order valence-corrected chi connectivity index (χ2v) is 9.10. The molecule has 0 bridgehead atoms. The minimum Gasteiger partial charge on any atom is -0.370 e. The Labute approximate surface area is 192 Å². The summed E-state index contributed by atoms with van der Waals surface area (Å²) in [6.45, 7) is 4.14. The summed E-state index contributed by atoms with van der Waals surface area (Å²) in [5, 5.41) is 14.2. The number of aromatic nitrogens is 2. The van der Waals surface area contributed by atoms with Gasteiger partial charge >= 0.3 is 0 Å². The van der Waals surface area contributed by atoms with E-state index in [1.807, 2.05) is 33.9 Å². The Morgan fingerprint density at radius 2 is 2.22 bits per heavy atom. The van der Waals surface area contributed by atoms with Crippen molar-refractivity contribution in [2.45, 2.75) is 45.3 Å². The first-order chi connectivity index (χ1) is 15.6. The number of benzene rings is 1. The second kappa shape index (κ2) is 10.3. The van der Waals surface area contributed by atoms with E-state index < -0.39 is 0 Å². The highest BCUT2D eigenvalue weighted by Gasteiger charge is 2.27. The Balaban J connectivity index is 1.37. The Morgan fingerprint density at radius 1 is 1.38 bits per heavy atom. The van der Waals surface area contributed by atoms with Gasteiger partial charge in [0.1, 0.15) is 11.1 Å². The maximum Gasteiger partial charge on any atom is 0.222 e. The number of carbonyl (C=O) groups is 1. The molecule has 0 aliphatic carbocycles. The molecule has 0 saturated heterocycles. The van der Waals surface area contributed by atoms with E-state index in [2.05, 4.69) is 47.6 Å². The Kier molecular flexibility index (Phi) is 7.03. The van der Waals surface area contributed by atoms with Crippen molar-refractivity contribution in [3.63, 3.8) is 0 Å². The van der Waals surface area contributed by atoms with Crippen molar-refractivity contribution >= 4 is 28.3 Å². The van der Waals surface area contributed by atoms with Gasteiger partial charge in [-0.25, -0.2) is 4.98 Å². The van der Waals surface area contributed by atoms with Crippen molar-refractivity contribution < 1.29 is 4.79 Å². The fraction of sp³-hybridized carbons (Fsp3) is 0.320. The largest absolute Gasteiger partial charge is 0.370 e. The highest BCUT2D eigenvalue weighted by Crippen LogP contribution is 2.37. The van der Waals surface area contributed by atoms with Crippen LogP contribution in [0.4, 0.5) is 5.00 Å². The Morgan fingerprint density at radius 3 is 2.97 bits per heavy atom. The molecule has 4 rings (SSSR count). The standard InChI is InChI=1S/C25H27N5OS/c1-19(9-10-20-6-3-2-4-7-20)28-25-22(16-26)21-11-14-30(17-23(21)32-25)24(31)8-5-13-29-15-12-27-18-29/h2-4,6-7,9-10,12,15,18-19,28H,5,8,11,13-14,17H2,1H3/b10-9+. The molecule has 3 heterocycles. The van der Waals surface area contributed by atoms with E-state index in [9.17, 15) is 10.1 Å². The molecule has 0 radical (unpaired) electrons. The third-order valence-electron chi connectivity index (χ3n) is 5.62. The van der Waals surface area contributed by atoms with Crippen molar-refractivity contribution in [1.82, 2.24) is 14.5 Å². The van der Waals surface area contributed by atoms with Crippen LogP contribution < -0.4 is 5.32 Å². The minimum atomic E-state index is 0.0864. The molecule has 32 heavy (non-hydrogen) atoms. The number of aryl methyl sites for hydroxylation is 1. The van der Waals surface area contributed by atoms with Crippen LogP contribution >= 0.6 is 11.3 Å². The number of imidazole rings is 1. The number of hydrogen-bond acceptors (Lipinski definition) is 5. The lowest BCUT2D eigenvalue weighted by molar-refractivity contribution is -0.132. The van der Waals surface area contributed by atoms with Gasteiger partial charge in [0.15, 0.2) is 0 Å².